The summed E-state index contributed by atoms with van der Waals surface area (Å²) in [5.74, 6) is 1.36. The number of benzene rings is 1. The summed E-state index contributed by atoms with van der Waals surface area (Å²) in [6, 6.07) is 11.0. The highest BCUT2D eigenvalue weighted by Gasteiger charge is 2.01. The van der Waals surface area contributed by atoms with Gasteiger partial charge in [-0.05, 0) is 36.8 Å². The molecular weight excluding hydrogens is 210 g/mol. The maximum Gasteiger partial charge on any atom is 0.219 e. The molecule has 0 amide bonds. The molecule has 0 atom stereocenters. The third-order valence-electron chi connectivity index (χ3n) is 1.99. The molecule has 76 valence electrons. The molecule has 0 radical (unpaired) electrons. The SMILES string of the molecule is Cc1cc(Cl)ccc1Oc1ccccn1. The maximum absolute atomic E-state index is 5.85. The van der Waals surface area contributed by atoms with E-state index in [4.69, 9.17) is 16.3 Å². The van der Waals surface area contributed by atoms with Crippen molar-refractivity contribution in [3.05, 3.63) is 53.2 Å². The number of nitrogens with zero attached hydrogens (tertiary/aromatic N) is 1. The molecule has 0 aliphatic rings. The standard InChI is InChI=1S/C12H10ClNO/c1-9-8-10(13)5-6-11(9)15-12-4-2-3-7-14-12/h2-8H,1H3. The number of hydrogen-bond acceptors (Lipinski definition) is 2. The predicted octanol–water partition coefficient (Wildman–Crippen LogP) is 3.84. The van der Waals surface area contributed by atoms with Gasteiger partial charge in [0.05, 0.1) is 0 Å². The second-order valence-electron chi connectivity index (χ2n) is 3.18. The first-order valence-electron chi connectivity index (χ1n) is 4.61. The predicted molar refractivity (Wildman–Crippen MR) is 60.5 cm³/mol. The van der Waals surface area contributed by atoms with Crippen LogP contribution in [0.2, 0.25) is 5.02 Å². The van der Waals surface area contributed by atoms with Gasteiger partial charge >= 0.3 is 0 Å². The highest BCUT2D eigenvalue weighted by molar-refractivity contribution is 6.30. The highest BCUT2D eigenvalue weighted by atomic mass is 35.5. The van der Waals surface area contributed by atoms with E-state index in [-0.39, 0.29) is 0 Å². The Labute approximate surface area is 93.5 Å². The van der Waals surface area contributed by atoms with Gasteiger partial charge in [0.25, 0.3) is 0 Å². The Morgan fingerprint density at radius 1 is 1.20 bits per heavy atom. The van der Waals surface area contributed by atoms with Gasteiger partial charge in [-0.2, -0.15) is 0 Å². The van der Waals surface area contributed by atoms with E-state index in [0.29, 0.717) is 10.9 Å². The fourth-order valence-corrected chi connectivity index (χ4v) is 1.47. The van der Waals surface area contributed by atoms with Crippen molar-refractivity contribution in [3.63, 3.8) is 0 Å². The van der Waals surface area contributed by atoms with E-state index < -0.39 is 0 Å². The number of aryl methyl sites for hydroxylation is 1. The summed E-state index contributed by atoms with van der Waals surface area (Å²) in [6.45, 7) is 1.95. The van der Waals surface area contributed by atoms with Crippen LogP contribution < -0.4 is 4.74 Å². The van der Waals surface area contributed by atoms with E-state index in [1.165, 1.54) is 0 Å². The summed E-state index contributed by atoms with van der Waals surface area (Å²) in [7, 11) is 0. The lowest BCUT2D eigenvalue weighted by atomic mass is 10.2. The van der Waals surface area contributed by atoms with Crippen LogP contribution in [0.5, 0.6) is 11.6 Å². The van der Waals surface area contributed by atoms with Gasteiger partial charge < -0.3 is 4.74 Å². The van der Waals surface area contributed by atoms with E-state index in [9.17, 15) is 0 Å². The lowest BCUT2D eigenvalue weighted by molar-refractivity contribution is 0.459. The van der Waals surface area contributed by atoms with Gasteiger partial charge in [0.1, 0.15) is 5.75 Å². The molecule has 0 aliphatic heterocycles. The number of rotatable bonds is 2. The fraction of sp³-hybridized carbons (Fsp3) is 0.0833. The van der Waals surface area contributed by atoms with E-state index in [0.717, 1.165) is 11.3 Å². The number of ether oxygens (including phenoxy) is 1. The minimum atomic E-state index is 0.586. The van der Waals surface area contributed by atoms with E-state index in [1.54, 1.807) is 12.3 Å². The van der Waals surface area contributed by atoms with Gasteiger partial charge in [-0.3, -0.25) is 0 Å². The van der Waals surface area contributed by atoms with Crippen LogP contribution in [-0.4, -0.2) is 4.98 Å². The Balaban J connectivity index is 2.25. The Hall–Kier alpha value is -1.54. The van der Waals surface area contributed by atoms with Crippen LogP contribution in [-0.2, 0) is 0 Å². The second-order valence-corrected chi connectivity index (χ2v) is 3.62. The van der Waals surface area contributed by atoms with Gasteiger partial charge in [0.15, 0.2) is 0 Å². The first-order chi connectivity index (χ1) is 7.25. The van der Waals surface area contributed by atoms with Crippen LogP contribution in [0, 0.1) is 6.92 Å². The number of pyridine rings is 1. The monoisotopic (exact) mass is 219 g/mol. The molecular formula is C12H10ClNO. The molecule has 1 aromatic carbocycles. The summed E-state index contributed by atoms with van der Waals surface area (Å²) in [5, 5.41) is 0.709. The molecule has 0 saturated carbocycles. The van der Waals surface area contributed by atoms with E-state index >= 15 is 0 Å². The second kappa shape index (κ2) is 4.32. The van der Waals surface area contributed by atoms with Crippen LogP contribution in [0.25, 0.3) is 0 Å². The van der Waals surface area contributed by atoms with Gasteiger partial charge in [-0.25, -0.2) is 4.98 Å². The Bertz CT molecular complexity index is 456. The zero-order chi connectivity index (χ0) is 10.7. The third-order valence-corrected chi connectivity index (χ3v) is 2.22. The van der Waals surface area contributed by atoms with Gasteiger partial charge in [-0.1, -0.05) is 17.7 Å². The molecule has 0 fully saturated rings. The Morgan fingerprint density at radius 3 is 2.73 bits per heavy atom. The molecule has 3 heteroatoms. The van der Waals surface area contributed by atoms with Crippen molar-refractivity contribution < 1.29 is 4.74 Å². The molecule has 2 nitrogen and oxygen atoms in total. The number of hydrogen-bond donors (Lipinski definition) is 0. The zero-order valence-electron chi connectivity index (χ0n) is 8.27. The lowest BCUT2D eigenvalue weighted by Crippen LogP contribution is -1.89. The van der Waals surface area contributed by atoms with E-state index in [2.05, 4.69) is 4.98 Å². The van der Waals surface area contributed by atoms with Gasteiger partial charge in [0, 0.05) is 17.3 Å². The fourth-order valence-electron chi connectivity index (χ4n) is 1.25. The summed E-state index contributed by atoms with van der Waals surface area (Å²) in [4.78, 5) is 4.08. The molecule has 2 rings (SSSR count). The smallest absolute Gasteiger partial charge is 0.219 e. The van der Waals surface area contributed by atoms with Crippen molar-refractivity contribution in [2.75, 3.05) is 0 Å². The molecule has 1 aromatic heterocycles. The average Bonchev–Trinajstić information content (AvgIpc) is 2.24. The summed E-state index contributed by atoms with van der Waals surface area (Å²) < 4.78 is 5.59. The highest BCUT2D eigenvalue weighted by Crippen LogP contribution is 2.25. The first kappa shape index (κ1) is 9.99. The normalized spacial score (nSPS) is 10.0. The van der Waals surface area contributed by atoms with Crippen LogP contribution in [0.4, 0.5) is 0 Å². The van der Waals surface area contributed by atoms with Crippen LogP contribution in [0.3, 0.4) is 0 Å². The Morgan fingerprint density at radius 2 is 2.07 bits per heavy atom. The maximum atomic E-state index is 5.85. The molecule has 0 saturated heterocycles. The molecule has 0 unspecified atom stereocenters. The molecule has 15 heavy (non-hydrogen) atoms. The molecule has 0 spiro atoms. The van der Waals surface area contributed by atoms with Crippen molar-refractivity contribution in [2.45, 2.75) is 6.92 Å². The molecule has 0 N–H and O–H groups in total. The molecule has 0 bridgehead atoms. The van der Waals surface area contributed by atoms with Gasteiger partial charge in [-0.15, -0.1) is 0 Å². The molecule has 1 heterocycles. The van der Waals surface area contributed by atoms with Crippen molar-refractivity contribution in [1.82, 2.24) is 4.98 Å². The number of aromatic nitrogens is 1. The quantitative estimate of drug-likeness (QED) is 0.766. The average molecular weight is 220 g/mol. The number of halogens is 1. The Kier molecular flexibility index (Phi) is 2.88. The summed E-state index contributed by atoms with van der Waals surface area (Å²) in [6.07, 6.45) is 1.70. The topological polar surface area (TPSA) is 22.1 Å². The summed E-state index contributed by atoms with van der Waals surface area (Å²) >= 11 is 5.85. The lowest BCUT2D eigenvalue weighted by Gasteiger charge is -2.07. The first-order valence-corrected chi connectivity index (χ1v) is 4.98. The van der Waals surface area contributed by atoms with Gasteiger partial charge in [0.2, 0.25) is 5.88 Å². The van der Waals surface area contributed by atoms with Crippen LogP contribution in [0.15, 0.2) is 42.6 Å². The molecule has 2 aromatic rings. The van der Waals surface area contributed by atoms with Crippen molar-refractivity contribution >= 4 is 11.6 Å². The zero-order valence-corrected chi connectivity index (χ0v) is 9.03. The van der Waals surface area contributed by atoms with Crippen molar-refractivity contribution in [2.24, 2.45) is 0 Å². The van der Waals surface area contributed by atoms with Crippen molar-refractivity contribution in [3.8, 4) is 11.6 Å². The minimum absolute atomic E-state index is 0.586. The van der Waals surface area contributed by atoms with Crippen LogP contribution in [0.1, 0.15) is 5.56 Å². The third kappa shape index (κ3) is 2.48. The van der Waals surface area contributed by atoms with Crippen LogP contribution >= 0.6 is 11.6 Å². The molecule has 0 aliphatic carbocycles. The largest absolute Gasteiger partial charge is 0.439 e. The minimum Gasteiger partial charge on any atom is -0.439 e. The summed E-state index contributed by atoms with van der Waals surface area (Å²) in [5.41, 5.74) is 0.994. The van der Waals surface area contributed by atoms with Crippen molar-refractivity contribution in [1.29, 1.82) is 0 Å². The van der Waals surface area contributed by atoms with E-state index in [1.807, 2.05) is 37.3 Å².